The van der Waals surface area contributed by atoms with Crippen LogP contribution in [0.15, 0.2) is 53.8 Å². The van der Waals surface area contributed by atoms with E-state index < -0.39 is 0 Å². The lowest BCUT2D eigenvalue weighted by Gasteiger charge is -2.12. The standard InChI is InChI=1S/C13H19N.C11H18N2O2.C2H6.CH4O/c1-6-12(7-2)10-13(14-8-3)9-11(4)5;1-12-8-13-11-7-10(15-2)4-3-9(11)5-6-14;2*1-2/h1,7,10,14H,4,8-9H2,2-3,5H3;3-4,7,12-14H,5-6,8H2,1-2H3;1-2H3;2H,1H3/b12-7-,13-10+;;;. The maximum Gasteiger partial charge on any atom is 0.120 e. The van der Waals surface area contributed by atoms with E-state index in [0.29, 0.717) is 13.1 Å². The summed E-state index contributed by atoms with van der Waals surface area (Å²) in [6, 6.07) is 5.80. The maximum atomic E-state index is 8.92. The van der Waals surface area contributed by atoms with Crippen molar-refractivity contribution in [3.05, 3.63) is 59.3 Å². The zero-order chi connectivity index (χ0) is 26.1. The first-order chi connectivity index (χ1) is 15.9. The Morgan fingerprint density at radius 1 is 1.27 bits per heavy atom. The fourth-order valence-corrected chi connectivity index (χ4v) is 2.48. The molecule has 0 amide bonds. The number of anilines is 1. The highest BCUT2D eigenvalue weighted by molar-refractivity contribution is 5.55. The van der Waals surface area contributed by atoms with Crippen molar-refractivity contribution in [3.63, 3.8) is 0 Å². The molecule has 0 aliphatic rings. The van der Waals surface area contributed by atoms with Crippen molar-refractivity contribution in [1.29, 1.82) is 0 Å². The molecule has 33 heavy (non-hydrogen) atoms. The highest BCUT2D eigenvalue weighted by Crippen LogP contribution is 2.22. The van der Waals surface area contributed by atoms with E-state index in [4.69, 9.17) is 21.4 Å². The number of rotatable bonds is 11. The summed E-state index contributed by atoms with van der Waals surface area (Å²) in [5.74, 6) is 3.44. The molecule has 6 heteroatoms. The van der Waals surface area contributed by atoms with Gasteiger partial charge in [-0.1, -0.05) is 44.1 Å². The van der Waals surface area contributed by atoms with Crippen LogP contribution in [0.25, 0.3) is 0 Å². The SMILES string of the molecule is C#CC(=C/C)/C=C(\CC(=C)C)NCC.CC.CNCNc1cc(OC)ccc1CCO.CO. The molecule has 0 saturated heterocycles. The lowest BCUT2D eigenvalue weighted by molar-refractivity contribution is 0.299. The molecule has 6 nitrogen and oxygen atoms in total. The summed E-state index contributed by atoms with van der Waals surface area (Å²) in [7, 11) is 4.52. The molecule has 1 aromatic carbocycles. The third-order valence-corrected chi connectivity index (χ3v) is 3.86. The van der Waals surface area contributed by atoms with Crippen LogP contribution in [0.5, 0.6) is 5.75 Å². The average molecular weight is 462 g/mol. The van der Waals surface area contributed by atoms with Crippen LogP contribution in [0.3, 0.4) is 0 Å². The quantitative estimate of drug-likeness (QED) is 0.145. The summed E-state index contributed by atoms with van der Waals surface area (Å²) < 4.78 is 5.15. The number of allylic oxidation sites excluding steroid dienone is 4. The van der Waals surface area contributed by atoms with Crippen LogP contribution in [0.1, 0.15) is 46.6 Å². The van der Waals surface area contributed by atoms with Gasteiger partial charge in [-0.2, -0.15) is 0 Å². The lowest BCUT2D eigenvalue weighted by atomic mass is 10.1. The van der Waals surface area contributed by atoms with Crippen molar-refractivity contribution in [2.45, 2.75) is 47.5 Å². The molecule has 1 rings (SSSR count). The molecular weight excluding hydrogens is 414 g/mol. The van der Waals surface area contributed by atoms with Gasteiger partial charge in [0.2, 0.25) is 0 Å². The van der Waals surface area contributed by atoms with Gasteiger partial charge in [0.25, 0.3) is 0 Å². The summed E-state index contributed by atoms with van der Waals surface area (Å²) >= 11 is 0. The van der Waals surface area contributed by atoms with Gasteiger partial charge in [0, 0.05) is 49.7 Å². The largest absolute Gasteiger partial charge is 0.497 e. The first-order valence-corrected chi connectivity index (χ1v) is 11.3. The van der Waals surface area contributed by atoms with Crippen LogP contribution < -0.4 is 20.7 Å². The van der Waals surface area contributed by atoms with E-state index in [1.54, 1.807) is 7.11 Å². The second kappa shape index (κ2) is 25.5. The van der Waals surface area contributed by atoms with Crippen molar-refractivity contribution < 1.29 is 14.9 Å². The zero-order valence-electron chi connectivity index (χ0n) is 22.0. The van der Waals surface area contributed by atoms with Crippen LogP contribution in [0, 0.1) is 12.3 Å². The predicted octanol–water partition coefficient (Wildman–Crippen LogP) is 4.48. The highest BCUT2D eigenvalue weighted by Gasteiger charge is 2.03. The Morgan fingerprint density at radius 2 is 1.91 bits per heavy atom. The molecule has 0 aliphatic heterocycles. The number of benzene rings is 1. The van der Waals surface area contributed by atoms with E-state index in [2.05, 4.69) is 35.4 Å². The van der Waals surface area contributed by atoms with E-state index in [9.17, 15) is 0 Å². The van der Waals surface area contributed by atoms with Gasteiger partial charge in [0.05, 0.1) is 13.8 Å². The first kappa shape index (κ1) is 34.9. The number of aliphatic hydroxyl groups excluding tert-OH is 2. The van der Waals surface area contributed by atoms with E-state index in [1.165, 1.54) is 0 Å². The highest BCUT2D eigenvalue weighted by atomic mass is 16.5. The number of hydrogen-bond donors (Lipinski definition) is 5. The normalized spacial score (nSPS) is 10.1. The predicted molar refractivity (Wildman–Crippen MR) is 145 cm³/mol. The second-order valence-electron chi connectivity index (χ2n) is 6.43. The van der Waals surface area contributed by atoms with Crippen molar-refractivity contribution in [2.75, 3.05) is 46.4 Å². The van der Waals surface area contributed by atoms with E-state index in [1.807, 2.05) is 65.1 Å². The Morgan fingerprint density at radius 3 is 2.33 bits per heavy atom. The number of ether oxygens (including phenoxy) is 1. The van der Waals surface area contributed by atoms with Gasteiger partial charge >= 0.3 is 0 Å². The molecule has 0 heterocycles. The van der Waals surface area contributed by atoms with Crippen molar-refractivity contribution in [1.82, 2.24) is 10.6 Å². The first-order valence-electron chi connectivity index (χ1n) is 11.3. The van der Waals surface area contributed by atoms with Crippen LogP contribution >= 0.6 is 0 Å². The molecule has 188 valence electrons. The molecule has 0 radical (unpaired) electrons. The molecule has 0 unspecified atom stereocenters. The Bertz CT molecular complexity index is 720. The molecule has 0 atom stereocenters. The number of hydrogen-bond acceptors (Lipinski definition) is 6. The Labute approximate surface area is 202 Å². The van der Waals surface area contributed by atoms with Gasteiger partial charge in [-0.05, 0) is 51.9 Å². The van der Waals surface area contributed by atoms with E-state index in [0.717, 1.165) is 53.9 Å². The van der Waals surface area contributed by atoms with E-state index in [-0.39, 0.29) is 6.61 Å². The topological polar surface area (TPSA) is 85.8 Å². The second-order valence-corrected chi connectivity index (χ2v) is 6.43. The third kappa shape index (κ3) is 18.5. The molecule has 0 saturated carbocycles. The van der Waals surface area contributed by atoms with Gasteiger partial charge in [-0.25, -0.2) is 0 Å². The number of nitrogens with one attached hydrogen (secondary N) is 3. The Balaban J connectivity index is -0.000000475. The van der Waals surface area contributed by atoms with Crippen molar-refractivity contribution in [3.8, 4) is 18.1 Å². The van der Waals surface area contributed by atoms with Gasteiger partial charge in [0.1, 0.15) is 5.75 Å². The maximum absolute atomic E-state index is 8.92. The van der Waals surface area contributed by atoms with Crippen molar-refractivity contribution >= 4 is 5.69 Å². The fraction of sp³-hybridized carbons (Fsp3) is 0.481. The number of terminal acetylenes is 1. The van der Waals surface area contributed by atoms with Crippen LogP contribution in [0.2, 0.25) is 0 Å². The monoisotopic (exact) mass is 461 g/mol. The van der Waals surface area contributed by atoms with E-state index >= 15 is 0 Å². The molecule has 5 N–H and O–H groups in total. The molecule has 0 bridgehead atoms. The van der Waals surface area contributed by atoms with Crippen LogP contribution in [-0.2, 0) is 6.42 Å². The van der Waals surface area contributed by atoms with Crippen LogP contribution in [0.4, 0.5) is 5.69 Å². The summed E-state index contributed by atoms with van der Waals surface area (Å²) in [4.78, 5) is 0. The number of aliphatic hydroxyl groups is 2. The summed E-state index contributed by atoms with van der Waals surface area (Å²) in [5, 5.41) is 25.4. The van der Waals surface area contributed by atoms with Gasteiger partial charge in [-0.15, -0.1) is 6.42 Å². The minimum Gasteiger partial charge on any atom is -0.497 e. The summed E-state index contributed by atoms with van der Waals surface area (Å²) in [6.45, 7) is 15.6. The van der Waals surface area contributed by atoms with Gasteiger partial charge in [-0.3, -0.25) is 0 Å². The fourth-order valence-electron chi connectivity index (χ4n) is 2.48. The zero-order valence-corrected chi connectivity index (χ0v) is 22.0. The Hall–Kier alpha value is -2.72. The number of methoxy groups -OCH3 is 1. The third-order valence-electron chi connectivity index (χ3n) is 3.86. The minimum absolute atomic E-state index is 0.153. The van der Waals surface area contributed by atoms with Crippen molar-refractivity contribution in [2.24, 2.45) is 0 Å². The molecule has 0 aliphatic carbocycles. The van der Waals surface area contributed by atoms with Gasteiger partial charge in [0.15, 0.2) is 0 Å². The average Bonchev–Trinajstić information content (AvgIpc) is 2.84. The Kier molecular flexibility index (Phi) is 27.0. The van der Waals surface area contributed by atoms with Crippen LogP contribution in [-0.4, -0.2) is 51.3 Å². The molecule has 0 spiro atoms. The summed E-state index contributed by atoms with van der Waals surface area (Å²) in [5.41, 5.74) is 5.25. The molecule has 0 fully saturated rings. The molecule has 1 aromatic rings. The smallest absolute Gasteiger partial charge is 0.120 e. The molecular formula is C27H47N3O3. The lowest BCUT2D eigenvalue weighted by Crippen LogP contribution is -2.17. The molecule has 0 aromatic heterocycles. The van der Waals surface area contributed by atoms with Gasteiger partial charge < -0.3 is 30.9 Å². The summed E-state index contributed by atoms with van der Waals surface area (Å²) in [6.07, 6.45) is 10.8. The minimum atomic E-state index is 0.153.